The number of aryl methyl sites for hydroxylation is 1. The highest BCUT2D eigenvalue weighted by Gasteiger charge is 2.44. The minimum absolute atomic E-state index is 0.300. The maximum atomic E-state index is 12.4. The predicted octanol–water partition coefficient (Wildman–Crippen LogP) is 2.51. The number of sulfonamides is 1. The van der Waals surface area contributed by atoms with Crippen molar-refractivity contribution < 1.29 is 18.3 Å². The highest BCUT2D eigenvalue weighted by Crippen LogP contribution is 2.54. The van der Waals surface area contributed by atoms with Crippen LogP contribution in [0.5, 0.6) is 0 Å². The van der Waals surface area contributed by atoms with E-state index in [9.17, 15) is 8.42 Å². The van der Waals surface area contributed by atoms with E-state index < -0.39 is 16.6 Å². The summed E-state index contributed by atoms with van der Waals surface area (Å²) in [6.07, 6.45) is 8.89. The number of hydrogen-bond donors (Lipinski definition) is 2. The van der Waals surface area contributed by atoms with Crippen LogP contribution in [0.25, 0.3) is 17.1 Å². The zero-order chi connectivity index (χ0) is 28.2. The van der Waals surface area contributed by atoms with Gasteiger partial charge in [0.2, 0.25) is 16.0 Å². The third kappa shape index (κ3) is 5.26. The summed E-state index contributed by atoms with van der Waals surface area (Å²) in [4.78, 5) is 14.3. The number of piperidine rings is 1. The second kappa shape index (κ2) is 10.2. The van der Waals surface area contributed by atoms with Gasteiger partial charge in [0.15, 0.2) is 0 Å². The van der Waals surface area contributed by atoms with Crippen molar-refractivity contribution in [3.05, 3.63) is 36.2 Å². The fourth-order valence-electron chi connectivity index (χ4n) is 6.54. The Hall–Kier alpha value is -3.29. The summed E-state index contributed by atoms with van der Waals surface area (Å²) in [5.41, 5.74) is 4.90. The first-order chi connectivity index (χ1) is 19.8. The summed E-state index contributed by atoms with van der Waals surface area (Å²) in [6.45, 7) is 4.74. The molecule has 3 aromatic rings. The molecule has 218 valence electrons. The van der Waals surface area contributed by atoms with E-state index in [4.69, 9.17) is 19.8 Å². The van der Waals surface area contributed by atoms with Gasteiger partial charge in [-0.1, -0.05) is 5.21 Å². The molecule has 2 unspecified atom stereocenters. The van der Waals surface area contributed by atoms with E-state index >= 15 is 0 Å². The number of aromatic nitrogens is 5. The summed E-state index contributed by atoms with van der Waals surface area (Å²) in [6, 6.07) is 7.98. The molecule has 1 aromatic carbocycles. The molecule has 2 bridgehead atoms. The number of benzene rings is 1. The molecule has 4 fully saturated rings. The predicted molar refractivity (Wildman–Crippen MR) is 155 cm³/mol. The molecular weight excluding hydrogens is 544 g/mol. The van der Waals surface area contributed by atoms with Crippen molar-refractivity contribution in [2.24, 2.45) is 5.41 Å². The molecular formula is C28H36N8O4S. The van der Waals surface area contributed by atoms with Gasteiger partial charge in [-0.05, 0) is 75.1 Å². The Kier molecular flexibility index (Phi) is 6.62. The van der Waals surface area contributed by atoms with Gasteiger partial charge in [0.05, 0.1) is 66.6 Å². The molecule has 41 heavy (non-hydrogen) atoms. The Morgan fingerprint density at radius 3 is 2.49 bits per heavy atom. The second-order valence-corrected chi connectivity index (χ2v) is 13.7. The topological polar surface area (TPSA) is 139 Å². The van der Waals surface area contributed by atoms with Crippen molar-refractivity contribution in [2.45, 2.75) is 57.5 Å². The lowest BCUT2D eigenvalue weighted by molar-refractivity contribution is 0.0897. The Balaban J connectivity index is 1.21. The number of morpholine rings is 1. The number of hydrogen-bond acceptors (Lipinski definition) is 10. The minimum Gasteiger partial charge on any atom is -0.395 e. The third-order valence-electron chi connectivity index (χ3n) is 9.05. The van der Waals surface area contributed by atoms with E-state index in [0.29, 0.717) is 53.7 Å². The molecule has 0 radical (unpaired) electrons. The van der Waals surface area contributed by atoms with Gasteiger partial charge in [-0.15, -0.1) is 5.10 Å². The number of nitrogens with one attached hydrogen (secondary N) is 1. The van der Waals surface area contributed by atoms with Crippen LogP contribution in [-0.4, -0.2) is 89.2 Å². The Morgan fingerprint density at radius 2 is 1.78 bits per heavy atom. The van der Waals surface area contributed by atoms with Crippen molar-refractivity contribution in [1.29, 1.82) is 0 Å². The van der Waals surface area contributed by atoms with Gasteiger partial charge in [-0.3, -0.25) is 4.72 Å². The highest BCUT2D eigenvalue weighted by molar-refractivity contribution is 7.92. The van der Waals surface area contributed by atoms with Crippen LogP contribution < -0.4 is 14.5 Å². The number of ether oxygens (including phenoxy) is 1. The number of aliphatic hydroxyl groups excluding tert-OH is 1. The highest BCUT2D eigenvalue weighted by atomic mass is 32.2. The summed E-state index contributed by atoms with van der Waals surface area (Å²) in [5.74, 6) is 0.363. The van der Waals surface area contributed by atoms with E-state index in [0.717, 1.165) is 55.8 Å². The molecule has 5 heterocycles. The first-order valence-electron chi connectivity index (χ1n) is 14.5. The normalized spacial score (nSPS) is 23.3. The molecule has 1 aliphatic carbocycles. The molecule has 0 amide bonds. The largest absolute Gasteiger partial charge is 0.395 e. The van der Waals surface area contributed by atoms with Crippen LogP contribution in [0.1, 0.15) is 44.2 Å². The van der Waals surface area contributed by atoms with Crippen molar-refractivity contribution >= 4 is 27.3 Å². The zero-order valence-corrected chi connectivity index (χ0v) is 24.1. The van der Waals surface area contributed by atoms with E-state index in [2.05, 4.69) is 24.8 Å². The monoisotopic (exact) mass is 580 g/mol. The Bertz CT molecular complexity index is 1530. The van der Waals surface area contributed by atoms with E-state index in [1.165, 1.54) is 12.8 Å². The fourth-order valence-corrected chi connectivity index (χ4v) is 7.37. The standard InChI is InChI=1S/C28H36N8O4S/c1-19-14-23(30-27(29-19)36-21-3-4-22(36)18-40-17-21)24-16-35(33-31-24)25-5-2-20(32-41(38,39)13-12-37)15-26(25)34-10-8-28(6-7-28)9-11-34/h2,5,14-16,21-22,32,37H,3-4,6-13,17-18H2,1H3. The second-order valence-electron chi connectivity index (χ2n) is 11.9. The van der Waals surface area contributed by atoms with Gasteiger partial charge in [-0.2, -0.15) is 0 Å². The molecule has 4 aliphatic rings. The molecule has 3 aliphatic heterocycles. The third-order valence-corrected chi connectivity index (χ3v) is 10.3. The summed E-state index contributed by atoms with van der Waals surface area (Å²) in [7, 11) is -3.65. The molecule has 13 heteroatoms. The molecule has 7 rings (SSSR count). The van der Waals surface area contributed by atoms with Crippen molar-refractivity contribution in [2.75, 3.05) is 53.2 Å². The van der Waals surface area contributed by atoms with Gasteiger partial charge in [0, 0.05) is 18.8 Å². The fraction of sp³-hybridized carbons (Fsp3) is 0.571. The summed E-state index contributed by atoms with van der Waals surface area (Å²) < 4.78 is 34.8. The van der Waals surface area contributed by atoms with E-state index in [1.54, 1.807) is 10.7 Å². The Morgan fingerprint density at radius 1 is 1.02 bits per heavy atom. The lowest BCUT2D eigenvalue weighted by Gasteiger charge is -2.35. The molecule has 2 N–H and O–H groups in total. The van der Waals surface area contributed by atoms with Crippen molar-refractivity contribution in [3.63, 3.8) is 0 Å². The molecule has 1 saturated carbocycles. The molecule has 12 nitrogen and oxygen atoms in total. The van der Waals surface area contributed by atoms with Gasteiger partial charge < -0.3 is 19.6 Å². The maximum Gasteiger partial charge on any atom is 0.234 e. The van der Waals surface area contributed by atoms with Gasteiger partial charge in [0.25, 0.3) is 0 Å². The summed E-state index contributed by atoms with van der Waals surface area (Å²) in [5, 5.41) is 18.1. The number of rotatable bonds is 8. The first-order valence-corrected chi connectivity index (χ1v) is 16.1. The lowest BCUT2D eigenvalue weighted by Crippen LogP contribution is -2.46. The average Bonchev–Trinajstić information content (AvgIpc) is 3.41. The van der Waals surface area contributed by atoms with E-state index in [-0.39, 0.29) is 5.75 Å². The summed E-state index contributed by atoms with van der Waals surface area (Å²) >= 11 is 0. The minimum atomic E-state index is -3.65. The van der Waals surface area contributed by atoms with Crippen molar-refractivity contribution in [1.82, 2.24) is 25.0 Å². The van der Waals surface area contributed by atoms with Gasteiger partial charge in [-0.25, -0.2) is 23.1 Å². The molecule has 2 atom stereocenters. The van der Waals surface area contributed by atoms with Crippen LogP contribution in [0.4, 0.5) is 17.3 Å². The maximum absolute atomic E-state index is 12.4. The van der Waals surface area contributed by atoms with Crippen LogP contribution in [0.3, 0.4) is 0 Å². The zero-order valence-electron chi connectivity index (χ0n) is 23.2. The van der Waals surface area contributed by atoms with Crippen LogP contribution in [0, 0.1) is 12.3 Å². The van der Waals surface area contributed by atoms with Crippen LogP contribution >= 0.6 is 0 Å². The number of aliphatic hydroxyl groups is 1. The van der Waals surface area contributed by atoms with Gasteiger partial charge >= 0.3 is 0 Å². The number of nitrogens with zero attached hydrogens (tertiary/aromatic N) is 7. The van der Waals surface area contributed by atoms with Gasteiger partial charge in [0.1, 0.15) is 5.69 Å². The number of anilines is 3. The van der Waals surface area contributed by atoms with Crippen LogP contribution in [0.2, 0.25) is 0 Å². The SMILES string of the molecule is Cc1cc(-c2cn(-c3ccc(NS(=O)(=O)CCO)cc3N3CCC4(CC3)CC4)nn2)nc(N2C3CCC2COC3)n1. The smallest absolute Gasteiger partial charge is 0.234 e. The molecule has 2 aromatic heterocycles. The quantitative estimate of drug-likeness (QED) is 0.409. The van der Waals surface area contributed by atoms with E-state index in [1.807, 2.05) is 31.3 Å². The van der Waals surface area contributed by atoms with Crippen molar-refractivity contribution in [3.8, 4) is 17.1 Å². The van der Waals surface area contributed by atoms with Crippen LogP contribution in [-0.2, 0) is 14.8 Å². The number of fused-ring (bicyclic) bond motifs is 2. The Labute approximate surface area is 239 Å². The average molecular weight is 581 g/mol. The first kappa shape index (κ1) is 26.6. The molecule has 3 saturated heterocycles. The van der Waals surface area contributed by atoms with Crippen LogP contribution in [0.15, 0.2) is 30.5 Å². The molecule has 1 spiro atoms. The lowest BCUT2D eigenvalue weighted by atomic mass is 9.93.